The van der Waals surface area contributed by atoms with Crippen molar-refractivity contribution in [2.45, 2.75) is 39.0 Å². The Kier molecular flexibility index (Phi) is 6.44. The van der Waals surface area contributed by atoms with Crippen LogP contribution in [-0.4, -0.2) is 19.6 Å². The van der Waals surface area contributed by atoms with Crippen LogP contribution in [0.3, 0.4) is 0 Å². The number of hydrogen-bond donors (Lipinski definition) is 0. The second kappa shape index (κ2) is 8.33. The highest BCUT2D eigenvalue weighted by Gasteiger charge is 2.17. The number of hydrogen-bond acceptors (Lipinski definition) is 2. The molecule has 1 fully saturated rings. The van der Waals surface area contributed by atoms with Gasteiger partial charge >= 0.3 is 0 Å². The first kappa shape index (κ1) is 16.2. The van der Waals surface area contributed by atoms with Crippen LogP contribution >= 0.6 is 11.6 Å². The molecule has 0 spiro atoms. The molecule has 1 aromatic carbocycles. The average molecular weight is 309 g/mol. The van der Waals surface area contributed by atoms with Crippen molar-refractivity contribution in [2.75, 3.05) is 19.6 Å². The van der Waals surface area contributed by atoms with E-state index in [1.54, 1.807) is 7.11 Å². The molecule has 1 aromatic rings. The van der Waals surface area contributed by atoms with Crippen LogP contribution in [0.4, 0.5) is 0 Å². The van der Waals surface area contributed by atoms with Gasteiger partial charge in [0.05, 0.1) is 13.7 Å². The summed E-state index contributed by atoms with van der Waals surface area (Å²) in [5, 5.41) is 0. The number of rotatable bonds is 6. The Morgan fingerprint density at radius 2 is 2.00 bits per heavy atom. The van der Waals surface area contributed by atoms with E-state index in [0.717, 1.165) is 17.1 Å². The van der Waals surface area contributed by atoms with Gasteiger partial charge in [0.2, 0.25) is 0 Å². The molecule has 1 saturated carbocycles. The fourth-order valence-electron chi connectivity index (χ4n) is 3.00. The number of methoxy groups -OCH3 is 1. The van der Waals surface area contributed by atoms with E-state index in [9.17, 15) is 0 Å². The number of halogens is 1. The molecule has 1 aliphatic carbocycles. The van der Waals surface area contributed by atoms with Crippen LogP contribution in [0.25, 0.3) is 6.08 Å². The second-order valence-corrected chi connectivity index (χ2v) is 5.80. The van der Waals surface area contributed by atoms with Crippen LogP contribution in [0.15, 0.2) is 23.8 Å². The van der Waals surface area contributed by atoms with E-state index in [4.69, 9.17) is 21.1 Å². The first-order valence-corrected chi connectivity index (χ1v) is 8.39. The Morgan fingerprint density at radius 3 is 2.62 bits per heavy atom. The smallest absolute Gasteiger partial charge is 0.161 e. The summed E-state index contributed by atoms with van der Waals surface area (Å²) in [6, 6.07) is 6.07. The van der Waals surface area contributed by atoms with Crippen molar-refractivity contribution in [3.05, 3.63) is 29.3 Å². The van der Waals surface area contributed by atoms with Gasteiger partial charge in [0.1, 0.15) is 0 Å². The van der Waals surface area contributed by atoms with Crippen molar-refractivity contribution in [3.8, 4) is 11.5 Å². The third-order valence-corrected chi connectivity index (χ3v) is 4.43. The van der Waals surface area contributed by atoms with Crippen LogP contribution in [0.5, 0.6) is 11.5 Å². The molecular formula is C18H25ClO2. The summed E-state index contributed by atoms with van der Waals surface area (Å²) < 4.78 is 11.0. The minimum atomic E-state index is 0.612. The summed E-state index contributed by atoms with van der Waals surface area (Å²) in [5.74, 6) is 2.83. The van der Waals surface area contributed by atoms with E-state index in [1.165, 1.54) is 37.7 Å². The lowest BCUT2D eigenvalue weighted by molar-refractivity contribution is 0.311. The molecule has 0 unspecified atom stereocenters. The van der Waals surface area contributed by atoms with Gasteiger partial charge in [-0.2, -0.15) is 0 Å². The van der Waals surface area contributed by atoms with E-state index in [2.05, 4.69) is 12.1 Å². The molecule has 1 aliphatic rings. The Morgan fingerprint density at radius 1 is 1.24 bits per heavy atom. The SMILES string of the molecule is CCOc1cc(/C=C(/CCl)C2CCCCC2)ccc1OC. The van der Waals surface area contributed by atoms with Crippen molar-refractivity contribution < 1.29 is 9.47 Å². The molecule has 3 heteroatoms. The number of allylic oxidation sites excluding steroid dienone is 1. The quantitative estimate of drug-likeness (QED) is 0.664. The molecule has 2 rings (SSSR count). The topological polar surface area (TPSA) is 18.5 Å². The molecule has 0 bridgehead atoms. The maximum Gasteiger partial charge on any atom is 0.161 e. The Balaban J connectivity index is 2.22. The van der Waals surface area contributed by atoms with Crippen molar-refractivity contribution >= 4 is 17.7 Å². The summed E-state index contributed by atoms with van der Waals surface area (Å²) in [4.78, 5) is 0. The normalized spacial score (nSPS) is 16.8. The maximum absolute atomic E-state index is 6.19. The van der Waals surface area contributed by atoms with Crippen LogP contribution in [-0.2, 0) is 0 Å². The Hall–Kier alpha value is -1.15. The Bertz CT molecular complexity index is 476. The summed E-state index contributed by atoms with van der Waals surface area (Å²) in [5.41, 5.74) is 2.49. The first-order chi connectivity index (χ1) is 10.3. The fraction of sp³-hybridized carbons (Fsp3) is 0.556. The van der Waals surface area contributed by atoms with Crippen molar-refractivity contribution in [3.63, 3.8) is 0 Å². The lowest BCUT2D eigenvalue weighted by Gasteiger charge is -2.23. The zero-order chi connectivity index (χ0) is 15.1. The Labute approximate surface area is 133 Å². The lowest BCUT2D eigenvalue weighted by Crippen LogP contribution is -2.10. The van der Waals surface area contributed by atoms with Gasteiger partial charge in [0.15, 0.2) is 11.5 Å². The highest BCUT2D eigenvalue weighted by molar-refractivity contribution is 6.19. The van der Waals surface area contributed by atoms with Crippen LogP contribution in [0.1, 0.15) is 44.6 Å². The summed E-state index contributed by atoms with van der Waals surface area (Å²) in [6.07, 6.45) is 8.78. The zero-order valence-electron chi connectivity index (χ0n) is 13.0. The van der Waals surface area contributed by atoms with Crippen molar-refractivity contribution in [1.82, 2.24) is 0 Å². The molecule has 0 saturated heterocycles. The highest BCUT2D eigenvalue weighted by Crippen LogP contribution is 2.33. The van der Waals surface area contributed by atoms with Gasteiger partial charge in [-0.3, -0.25) is 0 Å². The second-order valence-electron chi connectivity index (χ2n) is 5.53. The number of benzene rings is 1. The van der Waals surface area contributed by atoms with Crippen LogP contribution in [0.2, 0.25) is 0 Å². The van der Waals surface area contributed by atoms with Gasteiger partial charge in [-0.1, -0.05) is 37.0 Å². The minimum Gasteiger partial charge on any atom is -0.493 e. The van der Waals surface area contributed by atoms with Crippen molar-refractivity contribution in [1.29, 1.82) is 0 Å². The third-order valence-electron chi connectivity index (χ3n) is 4.12. The fourth-order valence-corrected chi connectivity index (χ4v) is 3.30. The van der Waals surface area contributed by atoms with Gasteiger partial charge in [-0.15, -0.1) is 11.6 Å². The third kappa shape index (κ3) is 4.41. The summed E-state index contributed by atoms with van der Waals surface area (Å²) in [6.45, 7) is 2.61. The molecule has 2 nitrogen and oxygen atoms in total. The molecular weight excluding hydrogens is 284 g/mol. The first-order valence-electron chi connectivity index (χ1n) is 7.85. The van der Waals surface area contributed by atoms with Crippen LogP contribution in [0, 0.1) is 5.92 Å². The molecule has 0 heterocycles. The molecule has 0 atom stereocenters. The predicted octanol–water partition coefficient (Wildman–Crippen LogP) is 5.30. The summed E-state index contributed by atoms with van der Waals surface area (Å²) in [7, 11) is 1.67. The maximum atomic E-state index is 6.19. The van der Waals surface area contributed by atoms with E-state index in [-0.39, 0.29) is 0 Å². The number of alkyl halides is 1. The monoisotopic (exact) mass is 308 g/mol. The number of ether oxygens (including phenoxy) is 2. The van der Waals surface area contributed by atoms with Gasteiger partial charge in [0, 0.05) is 5.88 Å². The highest BCUT2D eigenvalue weighted by atomic mass is 35.5. The summed E-state index contributed by atoms with van der Waals surface area (Å²) >= 11 is 6.19. The molecule has 0 N–H and O–H groups in total. The zero-order valence-corrected chi connectivity index (χ0v) is 13.8. The van der Waals surface area contributed by atoms with Gasteiger partial charge < -0.3 is 9.47 Å². The van der Waals surface area contributed by atoms with Gasteiger partial charge in [-0.05, 0) is 43.4 Å². The van der Waals surface area contributed by atoms with E-state index < -0.39 is 0 Å². The molecule has 0 amide bonds. The van der Waals surface area contributed by atoms with E-state index in [1.807, 2.05) is 19.1 Å². The predicted molar refractivity (Wildman–Crippen MR) is 89.4 cm³/mol. The lowest BCUT2D eigenvalue weighted by atomic mass is 9.83. The molecule has 0 aromatic heterocycles. The van der Waals surface area contributed by atoms with Gasteiger partial charge in [0.25, 0.3) is 0 Å². The van der Waals surface area contributed by atoms with E-state index in [0.29, 0.717) is 18.4 Å². The van der Waals surface area contributed by atoms with Crippen LogP contribution < -0.4 is 9.47 Å². The minimum absolute atomic E-state index is 0.612. The molecule has 116 valence electrons. The molecule has 0 radical (unpaired) electrons. The molecule has 0 aliphatic heterocycles. The van der Waals surface area contributed by atoms with Crippen molar-refractivity contribution in [2.24, 2.45) is 5.92 Å². The van der Waals surface area contributed by atoms with Gasteiger partial charge in [-0.25, -0.2) is 0 Å². The average Bonchev–Trinajstić information content (AvgIpc) is 2.54. The standard InChI is InChI=1S/C18H25ClO2/c1-3-21-18-12-14(9-10-17(18)20-2)11-16(13-19)15-7-5-4-6-8-15/h9-12,15H,3-8,13H2,1-2H3/b16-11-. The molecule has 21 heavy (non-hydrogen) atoms. The van der Waals surface area contributed by atoms with E-state index >= 15 is 0 Å². The largest absolute Gasteiger partial charge is 0.493 e.